The molecule has 3 rings (SSSR count). The quantitative estimate of drug-likeness (QED) is 0.915. The summed E-state index contributed by atoms with van der Waals surface area (Å²) in [7, 11) is 0. The highest BCUT2D eigenvalue weighted by atomic mass is 35.5. The Hall–Kier alpha value is -1.50. The van der Waals surface area contributed by atoms with Crippen molar-refractivity contribution in [3.05, 3.63) is 34.9 Å². The van der Waals surface area contributed by atoms with Crippen molar-refractivity contribution in [3.63, 3.8) is 0 Å². The maximum Gasteiger partial charge on any atom is 0.262 e. The molecule has 1 aliphatic heterocycles. The molecular weight excluding hydrogens is 273 g/mol. The van der Waals surface area contributed by atoms with Crippen LogP contribution in [0.1, 0.15) is 11.9 Å². The number of nitrogens with one attached hydrogen (secondary N) is 1. The van der Waals surface area contributed by atoms with Gasteiger partial charge in [0.1, 0.15) is 11.9 Å². The smallest absolute Gasteiger partial charge is 0.262 e. The minimum Gasteiger partial charge on any atom is -0.367 e. The predicted octanol–water partition coefficient (Wildman–Crippen LogP) is 2.19. The Morgan fingerprint density at radius 3 is 3.05 bits per heavy atom. The summed E-state index contributed by atoms with van der Waals surface area (Å²) in [4.78, 5) is 4.16. The Balaban J connectivity index is 1.92. The highest BCUT2D eigenvalue weighted by Crippen LogP contribution is 2.30. The molecule has 1 fully saturated rings. The Morgan fingerprint density at radius 1 is 1.42 bits per heavy atom. The number of rotatable bonds is 2. The Bertz CT molecular complexity index is 564. The molecule has 0 radical (unpaired) electrons. The zero-order valence-corrected chi connectivity index (χ0v) is 10.7. The van der Waals surface area contributed by atoms with E-state index in [-0.39, 0.29) is 22.6 Å². The van der Waals surface area contributed by atoms with Crippen molar-refractivity contribution in [1.29, 1.82) is 0 Å². The first-order chi connectivity index (χ1) is 9.25. The molecule has 2 aromatic rings. The van der Waals surface area contributed by atoms with E-state index in [1.54, 1.807) is 6.07 Å². The molecule has 0 bridgehead atoms. The maximum absolute atomic E-state index is 13.7. The molecule has 0 aliphatic carbocycles. The molecule has 0 spiro atoms. The van der Waals surface area contributed by atoms with E-state index in [4.69, 9.17) is 20.9 Å². The van der Waals surface area contributed by atoms with E-state index in [9.17, 15) is 4.39 Å². The lowest BCUT2D eigenvalue weighted by Crippen LogP contribution is -2.33. The van der Waals surface area contributed by atoms with Crippen LogP contribution in [0.4, 0.5) is 4.39 Å². The Kier molecular flexibility index (Phi) is 3.46. The van der Waals surface area contributed by atoms with Gasteiger partial charge in [-0.05, 0) is 12.1 Å². The zero-order valence-electron chi connectivity index (χ0n) is 9.90. The number of nitrogens with zero attached hydrogens (tertiary/aromatic N) is 2. The molecule has 1 N–H and O–H groups in total. The van der Waals surface area contributed by atoms with Crippen LogP contribution in [-0.2, 0) is 4.74 Å². The highest BCUT2D eigenvalue weighted by Gasteiger charge is 2.23. The minimum atomic E-state index is -0.495. The van der Waals surface area contributed by atoms with Gasteiger partial charge in [-0.2, -0.15) is 4.98 Å². The van der Waals surface area contributed by atoms with Crippen molar-refractivity contribution >= 4 is 11.6 Å². The van der Waals surface area contributed by atoms with Gasteiger partial charge in [-0.3, -0.25) is 0 Å². The summed E-state index contributed by atoms with van der Waals surface area (Å²) >= 11 is 5.95. The van der Waals surface area contributed by atoms with Crippen LogP contribution in [0, 0.1) is 5.82 Å². The monoisotopic (exact) mass is 283 g/mol. The molecular formula is C12H11ClFN3O2. The minimum absolute atomic E-state index is 0.0623. The third kappa shape index (κ3) is 2.47. The third-order valence-electron chi connectivity index (χ3n) is 2.83. The Labute approximate surface area is 113 Å². The summed E-state index contributed by atoms with van der Waals surface area (Å²) in [5.41, 5.74) is 0.117. The molecule has 1 aromatic heterocycles. The van der Waals surface area contributed by atoms with Gasteiger partial charge in [0.15, 0.2) is 0 Å². The van der Waals surface area contributed by atoms with Gasteiger partial charge in [-0.1, -0.05) is 22.8 Å². The maximum atomic E-state index is 13.7. The highest BCUT2D eigenvalue weighted by molar-refractivity contribution is 6.33. The summed E-state index contributed by atoms with van der Waals surface area (Å²) < 4.78 is 24.3. The van der Waals surface area contributed by atoms with Crippen LogP contribution in [0.2, 0.25) is 5.02 Å². The molecule has 7 heteroatoms. The van der Waals surface area contributed by atoms with Gasteiger partial charge in [0, 0.05) is 13.1 Å². The average Bonchev–Trinajstić information content (AvgIpc) is 2.89. The number of halogens is 2. The molecule has 1 unspecified atom stereocenters. The van der Waals surface area contributed by atoms with E-state index >= 15 is 0 Å². The SMILES string of the molecule is Fc1cccc(Cl)c1-c1nc(C2CNCCO2)no1. The first-order valence-corrected chi connectivity index (χ1v) is 6.24. The predicted molar refractivity (Wildman–Crippen MR) is 66.3 cm³/mol. The first-order valence-electron chi connectivity index (χ1n) is 5.86. The van der Waals surface area contributed by atoms with Gasteiger partial charge in [0.05, 0.1) is 17.2 Å². The van der Waals surface area contributed by atoms with Crippen molar-refractivity contribution in [2.24, 2.45) is 0 Å². The fourth-order valence-corrected chi connectivity index (χ4v) is 2.14. The summed E-state index contributed by atoms with van der Waals surface area (Å²) in [5, 5.41) is 7.21. The second-order valence-electron chi connectivity index (χ2n) is 4.12. The molecule has 1 aliphatic rings. The normalized spacial score (nSPS) is 19.6. The number of morpholine rings is 1. The molecule has 0 saturated carbocycles. The molecule has 1 aromatic carbocycles. The summed E-state index contributed by atoms with van der Waals surface area (Å²) in [6.07, 6.45) is -0.281. The number of hydrogen-bond acceptors (Lipinski definition) is 5. The van der Waals surface area contributed by atoms with Crippen molar-refractivity contribution in [1.82, 2.24) is 15.5 Å². The van der Waals surface area contributed by atoms with E-state index in [1.165, 1.54) is 12.1 Å². The Morgan fingerprint density at radius 2 is 2.32 bits per heavy atom. The van der Waals surface area contributed by atoms with Gasteiger partial charge in [-0.25, -0.2) is 4.39 Å². The average molecular weight is 284 g/mol. The molecule has 2 heterocycles. The summed E-state index contributed by atoms with van der Waals surface area (Å²) in [6, 6.07) is 4.39. The first kappa shape index (κ1) is 12.5. The summed E-state index contributed by atoms with van der Waals surface area (Å²) in [6.45, 7) is 1.97. The van der Waals surface area contributed by atoms with Gasteiger partial charge in [0.2, 0.25) is 5.82 Å². The van der Waals surface area contributed by atoms with Crippen LogP contribution in [0.5, 0.6) is 0 Å². The van der Waals surface area contributed by atoms with Gasteiger partial charge >= 0.3 is 0 Å². The zero-order chi connectivity index (χ0) is 13.2. The van der Waals surface area contributed by atoms with E-state index in [1.807, 2.05) is 0 Å². The molecule has 0 amide bonds. The standard InChI is InChI=1S/C12H11ClFN3O2/c13-7-2-1-3-8(14)10(7)12-16-11(17-19-12)9-6-15-4-5-18-9/h1-3,9,15H,4-6H2. The van der Waals surface area contributed by atoms with Gasteiger partial charge in [0.25, 0.3) is 5.89 Å². The van der Waals surface area contributed by atoms with Crippen LogP contribution in [0.3, 0.4) is 0 Å². The number of hydrogen-bond donors (Lipinski definition) is 1. The number of aromatic nitrogens is 2. The lowest BCUT2D eigenvalue weighted by atomic mass is 10.2. The van der Waals surface area contributed by atoms with Gasteiger partial charge < -0.3 is 14.6 Å². The molecule has 5 nitrogen and oxygen atoms in total. The third-order valence-corrected chi connectivity index (χ3v) is 3.15. The fraction of sp³-hybridized carbons (Fsp3) is 0.333. The molecule has 100 valence electrons. The van der Waals surface area contributed by atoms with E-state index < -0.39 is 5.82 Å². The van der Waals surface area contributed by atoms with Crippen molar-refractivity contribution < 1.29 is 13.7 Å². The fourth-order valence-electron chi connectivity index (χ4n) is 1.90. The largest absolute Gasteiger partial charge is 0.367 e. The second kappa shape index (κ2) is 5.24. The van der Waals surface area contributed by atoms with Crippen LogP contribution in [0.25, 0.3) is 11.5 Å². The van der Waals surface area contributed by atoms with E-state index in [2.05, 4.69) is 15.5 Å². The molecule has 1 atom stereocenters. The summed E-state index contributed by atoms with van der Waals surface area (Å²) in [5.74, 6) is -0.0424. The second-order valence-corrected chi connectivity index (χ2v) is 4.53. The van der Waals surface area contributed by atoms with Crippen LogP contribution in [-0.4, -0.2) is 29.8 Å². The van der Waals surface area contributed by atoms with Crippen molar-refractivity contribution in [2.45, 2.75) is 6.10 Å². The lowest BCUT2D eigenvalue weighted by Gasteiger charge is -2.20. The topological polar surface area (TPSA) is 60.2 Å². The van der Waals surface area contributed by atoms with Gasteiger partial charge in [-0.15, -0.1) is 0 Å². The molecule has 19 heavy (non-hydrogen) atoms. The van der Waals surface area contributed by atoms with Crippen LogP contribution < -0.4 is 5.32 Å². The number of benzene rings is 1. The van der Waals surface area contributed by atoms with Crippen LogP contribution >= 0.6 is 11.6 Å². The van der Waals surface area contributed by atoms with E-state index in [0.717, 1.165) is 6.54 Å². The van der Waals surface area contributed by atoms with Crippen molar-refractivity contribution in [3.8, 4) is 11.5 Å². The number of ether oxygens (including phenoxy) is 1. The van der Waals surface area contributed by atoms with Crippen LogP contribution in [0.15, 0.2) is 22.7 Å². The lowest BCUT2D eigenvalue weighted by molar-refractivity contribution is 0.0208. The van der Waals surface area contributed by atoms with Crippen molar-refractivity contribution in [2.75, 3.05) is 19.7 Å². The molecule has 1 saturated heterocycles. The van der Waals surface area contributed by atoms with E-state index in [0.29, 0.717) is 19.0 Å².